The molecule has 0 bridgehead atoms. The van der Waals surface area contributed by atoms with E-state index in [9.17, 15) is 0 Å². The summed E-state index contributed by atoms with van der Waals surface area (Å²) in [5.41, 5.74) is 0. The van der Waals surface area contributed by atoms with Crippen molar-refractivity contribution in [2.75, 3.05) is 19.1 Å². The first-order valence-corrected chi connectivity index (χ1v) is 6.60. The van der Waals surface area contributed by atoms with Gasteiger partial charge in [0.25, 0.3) is 0 Å². The molecule has 1 rings (SSSR count). The summed E-state index contributed by atoms with van der Waals surface area (Å²) < 4.78 is 5.59. The third-order valence-corrected chi connectivity index (χ3v) is 3.33. The van der Waals surface area contributed by atoms with Gasteiger partial charge < -0.3 is 4.74 Å². The SMILES string of the molecule is ClCCCCCCOCCC1CCC1. The van der Waals surface area contributed by atoms with Crippen LogP contribution >= 0.6 is 11.6 Å². The zero-order valence-corrected chi connectivity index (χ0v) is 9.90. The first-order valence-electron chi connectivity index (χ1n) is 6.07. The van der Waals surface area contributed by atoms with Crippen LogP contribution in [0.3, 0.4) is 0 Å². The van der Waals surface area contributed by atoms with Crippen LogP contribution < -0.4 is 0 Å². The standard InChI is InChI=1S/C12H23ClO/c13-9-3-1-2-4-10-14-11-8-12-6-5-7-12/h12H,1-11H2. The lowest BCUT2D eigenvalue weighted by molar-refractivity contribution is 0.103. The normalized spacial score (nSPS) is 16.9. The van der Waals surface area contributed by atoms with Crippen LogP contribution in [0.4, 0.5) is 0 Å². The van der Waals surface area contributed by atoms with Crippen molar-refractivity contribution in [1.29, 1.82) is 0 Å². The summed E-state index contributed by atoms with van der Waals surface area (Å²) in [5, 5.41) is 0. The third kappa shape index (κ3) is 5.87. The fourth-order valence-corrected chi connectivity index (χ4v) is 1.97. The molecule has 1 aliphatic carbocycles. The summed E-state index contributed by atoms with van der Waals surface area (Å²) in [5.74, 6) is 1.80. The lowest BCUT2D eigenvalue weighted by Crippen LogP contribution is -2.13. The van der Waals surface area contributed by atoms with Crippen LogP contribution in [0.1, 0.15) is 51.4 Å². The van der Waals surface area contributed by atoms with E-state index in [0.29, 0.717) is 0 Å². The third-order valence-electron chi connectivity index (χ3n) is 3.07. The Bertz CT molecular complexity index is 123. The number of hydrogen-bond acceptors (Lipinski definition) is 1. The lowest BCUT2D eigenvalue weighted by atomic mass is 9.83. The number of unbranched alkanes of at least 4 members (excludes halogenated alkanes) is 3. The molecular formula is C12H23ClO. The zero-order valence-electron chi connectivity index (χ0n) is 9.14. The van der Waals surface area contributed by atoms with Crippen molar-refractivity contribution in [3.05, 3.63) is 0 Å². The van der Waals surface area contributed by atoms with E-state index in [4.69, 9.17) is 16.3 Å². The number of hydrogen-bond donors (Lipinski definition) is 0. The Morgan fingerprint density at radius 2 is 1.79 bits per heavy atom. The maximum Gasteiger partial charge on any atom is 0.0468 e. The van der Waals surface area contributed by atoms with Crippen LogP contribution in [0.2, 0.25) is 0 Å². The second kappa shape index (κ2) is 8.55. The average Bonchev–Trinajstić information content (AvgIpc) is 2.13. The number of alkyl halides is 1. The highest BCUT2D eigenvalue weighted by atomic mass is 35.5. The molecule has 1 fully saturated rings. The molecule has 84 valence electrons. The van der Waals surface area contributed by atoms with Crippen molar-refractivity contribution < 1.29 is 4.74 Å². The van der Waals surface area contributed by atoms with Gasteiger partial charge in [-0.25, -0.2) is 0 Å². The molecule has 1 nitrogen and oxygen atoms in total. The van der Waals surface area contributed by atoms with Crippen molar-refractivity contribution in [2.24, 2.45) is 5.92 Å². The molecule has 0 unspecified atom stereocenters. The molecule has 0 aromatic heterocycles. The Morgan fingerprint density at radius 1 is 1.00 bits per heavy atom. The quantitative estimate of drug-likeness (QED) is 0.420. The molecule has 14 heavy (non-hydrogen) atoms. The molecule has 1 saturated carbocycles. The molecule has 0 aliphatic heterocycles. The van der Waals surface area contributed by atoms with Gasteiger partial charge in [0.1, 0.15) is 0 Å². The van der Waals surface area contributed by atoms with E-state index in [1.807, 2.05) is 0 Å². The molecule has 0 spiro atoms. The summed E-state index contributed by atoms with van der Waals surface area (Å²) >= 11 is 5.59. The molecule has 2 heteroatoms. The highest BCUT2D eigenvalue weighted by molar-refractivity contribution is 6.17. The Hall–Kier alpha value is 0.250. The largest absolute Gasteiger partial charge is 0.381 e. The van der Waals surface area contributed by atoms with Gasteiger partial charge >= 0.3 is 0 Å². The molecule has 0 N–H and O–H groups in total. The van der Waals surface area contributed by atoms with Gasteiger partial charge in [0.05, 0.1) is 0 Å². The molecule has 0 heterocycles. The molecule has 0 aromatic carbocycles. The van der Waals surface area contributed by atoms with Gasteiger partial charge in [-0.15, -0.1) is 11.6 Å². The minimum atomic E-state index is 0.808. The molecule has 0 radical (unpaired) electrons. The first-order chi connectivity index (χ1) is 6.93. The van der Waals surface area contributed by atoms with E-state index in [-0.39, 0.29) is 0 Å². The van der Waals surface area contributed by atoms with Gasteiger partial charge in [-0.3, -0.25) is 0 Å². The smallest absolute Gasteiger partial charge is 0.0468 e. The maximum absolute atomic E-state index is 5.59. The van der Waals surface area contributed by atoms with Gasteiger partial charge in [0.2, 0.25) is 0 Å². The minimum absolute atomic E-state index is 0.808. The predicted octanol–water partition coefficient (Wildman–Crippen LogP) is 3.99. The van der Waals surface area contributed by atoms with Crippen LogP contribution in [-0.2, 0) is 4.74 Å². The van der Waals surface area contributed by atoms with E-state index >= 15 is 0 Å². The Morgan fingerprint density at radius 3 is 2.43 bits per heavy atom. The summed E-state index contributed by atoms with van der Waals surface area (Å²) in [7, 11) is 0. The van der Waals surface area contributed by atoms with E-state index in [0.717, 1.165) is 31.4 Å². The monoisotopic (exact) mass is 218 g/mol. The van der Waals surface area contributed by atoms with Crippen LogP contribution in [0, 0.1) is 5.92 Å². The molecule has 1 aliphatic rings. The Labute approximate surface area is 93.2 Å². The fraction of sp³-hybridized carbons (Fsp3) is 1.00. The van der Waals surface area contributed by atoms with Crippen LogP contribution in [0.5, 0.6) is 0 Å². The van der Waals surface area contributed by atoms with E-state index < -0.39 is 0 Å². The second-order valence-electron chi connectivity index (χ2n) is 4.30. The van der Waals surface area contributed by atoms with Gasteiger partial charge in [0, 0.05) is 19.1 Å². The number of ether oxygens (including phenoxy) is 1. The van der Waals surface area contributed by atoms with E-state index in [1.165, 1.54) is 44.9 Å². The zero-order chi connectivity index (χ0) is 10.1. The number of rotatable bonds is 9. The molecule has 0 aromatic rings. The van der Waals surface area contributed by atoms with E-state index in [1.54, 1.807) is 0 Å². The number of halogens is 1. The van der Waals surface area contributed by atoms with Crippen molar-refractivity contribution in [3.63, 3.8) is 0 Å². The summed E-state index contributed by atoms with van der Waals surface area (Å²) in [6.45, 7) is 1.94. The predicted molar refractivity (Wildman–Crippen MR) is 62.0 cm³/mol. The maximum atomic E-state index is 5.59. The first kappa shape index (κ1) is 12.3. The Kier molecular flexibility index (Phi) is 7.52. The molecule has 0 amide bonds. The van der Waals surface area contributed by atoms with Crippen LogP contribution in [0.15, 0.2) is 0 Å². The van der Waals surface area contributed by atoms with Gasteiger partial charge in [-0.1, -0.05) is 32.1 Å². The minimum Gasteiger partial charge on any atom is -0.381 e. The van der Waals surface area contributed by atoms with Gasteiger partial charge in [0.15, 0.2) is 0 Å². The average molecular weight is 219 g/mol. The second-order valence-corrected chi connectivity index (χ2v) is 4.68. The summed E-state index contributed by atoms with van der Waals surface area (Å²) in [6.07, 6.45) is 10.5. The molecular weight excluding hydrogens is 196 g/mol. The van der Waals surface area contributed by atoms with Crippen molar-refractivity contribution in [2.45, 2.75) is 51.4 Å². The van der Waals surface area contributed by atoms with Crippen molar-refractivity contribution in [3.8, 4) is 0 Å². The van der Waals surface area contributed by atoms with Crippen LogP contribution in [-0.4, -0.2) is 19.1 Å². The van der Waals surface area contributed by atoms with Crippen molar-refractivity contribution >= 4 is 11.6 Å². The highest BCUT2D eigenvalue weighted by Crippen LogP contribution is 2.29. The highest BCUT2D eigenvalue weighted by Gasteiger charge is 2.16. The van der Waals surface area contributed by atoms with Crippen LogP contribution in [0.25, 0.3) is 0 Å². The van der Waals surface area contributed by atoms with Gasteiger partial charge in [-0.2, -0.15) is 0 Å². The fourth-order valence-electron chi connectivity index (χ4n) is 1.79. The summed E-state index contributed by atoms with van der Waals surface area (Å²) in [4.78, 5) is 0. The van der Waals surface area contributed by atoms with Gasteiger partial charge in [-0.05, 0) is 25.2 Å². The summed E-state index contributed by atoms with van der Waals surface area (Å²) in [6, 6.07) is 0. The molecule has 0 saturated heterocycles. The molecule has 0 atom stereocenters. The Balaban J connectivity index is 1.67. The lowest BCUT2D eigenvalue weighted by Gasteiger charge is -2.24. The van der Waals surface area contributed by atoms with Crippen molar-refractivity contribution in [1.82, 2.24) is 0 Å². The van der Waals surface area contributed by atoms with E-state index in [2.05, 4.69) is 0 Å². The topological polar surface area (TPSA) is 9.23 Å².